The van der Waals surface area contributed by atoms with Crippen molar-refractivity contribution in [1.82, 2.24) is 5.32 Å². The molecular formula is C20H24N2O3. The summed E-state index contributed by atoms with van der Waals surface area (Å²) in [6, 6.07) is 14.8. The highest BCUT2D eigenvalue weighted by atomic mass is 16.5. The summed E-state index contributed by atoms with van der Waals surface area (Å²) < 4.78 is 5.05. The normalized spacial score (nSPS) is 10.9. The Labute approximate surface area is 148 Å². The Balaban J connectivity index is 1.87. The Morgan fingerprint density at radius 1 is 0.920 bits per heavy atom. The van der Waals surface area contributed by atoms with Gasteiger partial charge in [0.15, 0.2) is 0 Å². The maximum Gasteiger partial charge on any atom is 0.313 e. The number of nitrogens with one attached hydrogen (secondary N) is 2. The van der Waals surface area contributed by atoms with Crippen LogP contribution in [0.15, 0.2) is 48.5 Å². The van der Waals surface area contributed by atoms with Gasteiger partial charge in [-0.1, -0.05) is 45.0 Å². The molecule has 2 rings (SSSR count). The fourth-order valence-electron chi connectivity index (χ4n) is 2.25. The van der Waals surface area contributed by atoms with Gasteiger partial charge in [0.25, 0.3) is 0 Å². The Bertz CT molecular complexity index is 729. The van der Waals surface area contributed by atoms with Crippen molar-refractivity contribution in [3.05, 3.63) is 59.7 Å². The molecule has 0 aliphatic rings. The van der Waals surface area contributed by atoms with E-state index in [0.29, 0.717) is 18.0 Å². The molecule has 0 saturated heterocycles. The van der Waals surface area contributed by atoms with E-state index in [0.717, 1.165) is 5.56 Å². The van der Waals surface area contributed by atoms with Gasteiger partial charge < -0.3 is 15.4 Å². The monoisotopic (exact) mass is 340 g/mol. The summed E-state index contributed by atoms with van der Waals surface area (Å²) in [5.74, 6) is -0.687. The van der Waals surface area contributed by atoms with Gasteiger partial charge in [-0.25, -0.2) is 0 Å². The summed E-state index contributed by atoms with van der Waals surface area (Å²) in [7, 11) is 1.56. The molecule has 0 atom stereocenters. The SMILES string of the molecule is COc1ccc(NC(=O)C(=O)NCc2ccc(C(C)(C)C)cc2)cc1. The predicted molar refractivity (Wildman–Crippen MR) is 98.6 cm³/mol. The van der Waals surface area contributed by atoms with Crippen molar-refractivity contribution in [2.24, 2.45) is 0 Å². The van der Waals surface area contributed by atoms with Crippen LogP contribution in [0.5, 0.6) is 5.75 Å². The Kier molecular flexibility index (Phi) is 5.80. The van der Waals surface area contributed by atoms with Crippen LogP contribution in [0.3, 0.4) is 0 Å². The summed E-state index contributed by atoms with van der Waals surface area (Å²) in [6.45, 7) is 6.74. The Hall–Kier alpha value is -2.82. The summed E-state index contributed by atoms with van der Waals surface area (Å²) in [6.07, 6.45) is 0. The zero-order valence-corrected chi connectivity index (χ0v) is 15.1. The number of hydrogen-bond donors (Lipinski definition) is 2. The van der Waals surface area contributed by atoms with Crippen molar-refractivity contribution < 1.29 is 14.3 Å². The molecule has 0 aliphatic heterocycles. The lowest BCUT2D eigenvalue weighted by Gasteiger charge is -2.19. The summed E-state index contributed by atoms with van der Waals surface area (Å²) in [5, 5.41) is 5.18. The first-order chi connectivity index (χ1) is 11.8. The molecule has 0 saturated carbocycles. The lowest BCUT2D eigenvalue weighted by Crippen LogP contribution is -2.34. The van der Waals surface area contributed by atoms with E-state index in [9.17, 15) is 9.59 Å². The number of rotatable bonds is 4. The van der Waals surface area contributed by atoms with Gasteiger partial charge in [0.05, 0.1) is 7.11 Å². The first-order valence-electron chi connectivity index (χ1n) is 8.12. The number of methoxy groups -OCH3 is 1. The summed E-state index contributed by atoms with van der Waals surface area (Å²) in [5.41, 5.74) is 2.79. The van der Waals surface area contributed by atoms with Crippen LogP contribution >= 0.6 is 0 Å². The van der Waals surface area contributed by atoms with Crippen LogP contribution in [0.2, 0.25) is 0 Å². The van der Waals surface area contributed by atoms with Gasteiger partial charge >= 0.3 is 11.8 Å². The lowest BCUT2D eigenvalue weighted by atomic mass is 9.87. The molecule has 5 heteroatoms. The van der Waals surface area contributed by atoms with Crippen molar-refractivity contribution >= 4 is 17.5 Å². The highest BCUT2D eigenvalue weighted by Gasteiger charge is 2.15. The van der Waals surface area contributed by atoms with Crippen LogP contribution in [-0.2, 0) is 21.5 Å². The van der Waals surface area contributed by atoms with Crippen LogP contribution < -0.4 is 15.4 Å². The largest absolute Gasteiger partial charge is 0.497 e. The van der Waals surface area contributed by atoms with Crippen molar-refractivity contribution in [1.29, 1.82) is 0 Å². The first kappa shape index (κ1) is 18.5. The molecule has 0 aromatic heterocycles. The van der Waals surface area contributed by atoms with E-state index >= 15 is 0 Å². The van der Waals surface area contributed by atoms with Crippen LogP contribution in [-0.4, -0.2) is 18.9 Å². The van der Waals surface area contributed by atoms with Gasteiger partial charge in [0.1, 0.15) is 5.75 Å². The minimum Gasteiger partial charge on any atom is -0.497 e. The second-order valence-electron chi connectivity index (χ2n) is 6.81. The minimum atomic E-state index is -0.698. The van der Waals surface area contributed by atoms with E-state index in [1.165, 1.54) is 5.56 Å². The maximum atomic E-state index is 11.9. The lowest BCUT2D eigenvalue weighted by molar-refractivity contribution is -0.136. The number of benzene rings is 2. The predicted octanol–water partition coefficient (Wildman–Crippen LogP) is 3.25. The highest BCUT2D eigenvalue weighted by Crippen LogP contribution is 2.22. The fourth-order valence-corrected chi connectivity index (χ4v) is 2.25. The standard InChI is InChI=1S/C20H24N2O3/c1-20(2,3)15-7-5-14(6-8-15)13-21-18(23)19(24)22-16-9-11-17(25-4)12-10-16/h5-12H,13H2,1-4H3,(H,21,23)(H,22,24). The molecule has 0 spiro atoms. The first-order valence-corrected chi connectivity index (χ1v) is 8.12. The third-order valence-electron chi connectivity index (χ3n) is 3.83. The molecule has 0 aliphatic carbocycles. The molecule has 0 unspecified atom stereocenters. The second-order valence-corrected chi connectivity index (χ2v) is 6.81. The van der Waals surface area contributed by atoms with E-state index in [4.69, 9.17) is 4.74 Å². The van der Waals surface area contributed by atoms with Crippen molar-refractivity contribution in [2.75, 3.05) is 12.4 Å². The van der Waals surface area contributed by atoms with Gasteiger partial charge in [-0.15, -0.1) is 0 Å². The minimum absolute atomic E-state index is 0.0834. The van der Waals surface area contributed by atoms with Crippen LogP contribution in [0.4, 0.5) is 5.69 Å². The van der Waals surface area contributed by atoms with Gasteiger partial charge in [0.2, 0.25) is 0 Å². The molecule has 0 heterocycles. The van der Waals surface area contributed by atoms with Crippen molar-refractivity contribution in [3.63, 3.8) is 0 Å². The number of carbonyl (C=O) groups excluding carboxylic acids is 2. The van der Waals surface area contributed by atoms with Crippen LogP contribution in [0.1, 0.15) is 31.9 Å². The zero-order chi connectivity index (χ0) is 18.4. The van der Waals surface area contributed by atoms with E-state index < -0.39 is 11.8 Å². The zero-order valence-electron chi connectivity index (χ0n) is 15.1. The molecular weight excluding hydrogens is 316 g/mol. The van der Waals surface area contributed by atoms with Crippen LogP contribution in [0.25, 0.3) is 0 Å². The van der Waals surface area contributed by atoms with Gasteiger partial charge in [-0.2, -0.15) is 0 Å². The molecule has 2 aromatic rings. The number of ether oxygens (including phenoxy) is 1. The maximum absolute atomic E-state index is 11.9. The highest BCUT2D eigenvalue weighted by molar-refractivity contribution is 6.39. The molecule has 0 fully saturated rings. The molecule has 5 nitrogen and oxygen atoms in total. The number of carbonyl (C=O) groups is 2. The van der Waals surface area contributed by atoms with E-state index in [2.05, 4.69) is 31.4 Å². The quantitative estimate of drug-likeness (QED) is 0.840. The van der Waals surface area contributed by atoms with Crippen LogP contribution in [0, 0.1) is 0 Å². The molecule has 0 radical (unpaired) electrons. The van der Waals surface area contributed by atoms with Crippen molar-refractivity contribution in [3.8, 4) is 5.75 Å². The Morgan fingerprint density at radius 3 is 2.04 bits per heavy atom. The summed E-state index contributed by atoms with van der Waals surface area (Å²) in [4.78, 5) is 23.8. The molecule has 25 heavy (non-hydrogen) atoms. The van der Waals surface area contributed by atoms with Gasteiger partial charge in [-0.05, 0) is 40.8 Å². The summed E-state index contributed by atoms with van der Waals surface area (Å²) >= 11 is 0. The fraction of sp³-hybridized carbons (Fsp3) is 0.300. The molecule has 2 N–H and O–H groups in total. The second kappa shape index (κ2) is 7.83. The number of amides is 2. The Morgan fingerprint density at radius 2 is 1.52 bits per heavy atom. The number of hydrogen-bond acceptors (Lipinski definition) is 3. The topological polar surface area (TPSA) is 67.4 Å². The third-order valence-corrected chi connectivity index (χ3v) is 3.83. The third kappa shape index (κ3) is 5.35. The van der Waals surface area contributed by atoms with E-state index in [1.54, 1.807) is 31.4 Å². The molecule has 2 aromatic carbocycles. The molecule has 2 amide bonds. The average molecular weight is 340 g/mol. The average Bonchev–Trinajstić information content (AvgIpc) is 2.60. The van der Waals surface area contributed by atoms with E-state index in [-0.39, 0.29) is 5.41 Å². The van der Waals surface area contributed by atoms with Gasteiger partial charge in [0, 0.05) is 12.2 Å². The van der Waals surface area contributed by atoms with Gasteiger partial charge in [-0.3, -0.25) is 9.59 Å². The number of anilines is 1. The van der Waals surface area contributed by atoms with E-state index in [1.807, 2.05) is 24.3 Å². The molecule has 132 valence electrons. The smallest absolute Gasteiger partial charge is 0.313 e. The van der Waals surface area contributed by atoms with Crippen molar-refractivity contribution in [2.45, 2.75) is 32.7 Å². The molecule has 0 bridgehead atoms.